The molecule has 0 aromatic heterocycles. The van der Waals surface area contributed by atoms with Gasteiger partial charge in [-0.3, -0.25) is 0 Å². The third-order valence-electron chi connectivity index (χ3n) is 2.75. The lowest BCUT2D eigenvalue weighted by Crippen LogP contribution is -1.97. The monoisotopic (exact) mass is 178 g/mol. The van der Waals surface area contributed by atoms with Crippen LogP contribution in [0.1, 0.15) is 46.5 Å². The first-order chi connectivity index (χ1) is 6.20. The molecule has 0 radical (unpaired) electrons. The number of hydrogen-bond donors (Lipinski definition) is 0. The van der Waals surface area contributed by atoms with Crippen LogP contribution in [0, 0.1) is 11.8 Å². The maximum Gasteiger partial charge on any atom is -0.0225 e. The highest BCUT2D eigenvalue weighted by atomic mass is 14.1. The molecule has 1 aliphatic carbocycles. The van der Waals surface area contributed by atoms with E-state index in [9.17, 15) is 0 Å². The van der Waals surface area contributed by atoms with Crippen molar-refractivity contribution in [3.05, 3.63) is 23.8 Å². The van der Waals surface area contributed by atoms with Crippen molar-refractivity contribution >= 4 is 0 Å². The Bertz CT molecular complexity index is 196. The minimum atomic E-state index is 0.728. The molecule has 0 N–H and O–H groups in total. The van der Waals surface area contributed by atoms with Gasteiger partial charge in [-0.15, -0.1) is 0 Å². The van der Waals surface area contributed by atoms with Gasteiger partial charge < -0.3 is 0 Å². The van der Waals surface area contributed by atoms with Crippen molar-refractivity contribution in [3.63, 3.8) is 0 Å². The maximum absolute atomic E-state index is 2.49. The molecule has 1 aliphatic rings. The Morgan fingerprint density at radius 1 is 1.31 bits per heavy atom. The maximum atomic E-state index is 2.49. The largest absolute Gasteiger partial charge is 0.0885 e. The first-order valence-electron chi connectivity index (χ1n) is 5.55. The summed E-state index contributed by atoms with van der Waals surface area (Å²) in [6, 6.07) is 0. The minimum Gasteiger partial charge on any atom is -0.0885 e. The van der Waals surface area contributed by atoms with Gasteiger partial charge in [0.15, 0.2) is 0 Å². The quantitative estimate of drug-likeness (QED) is 0.524. The summed E-state index contributed by atoms with van der Waals surface area (Å²) in [6.07, 6.45) is 12.3. The standard InChI is InChI=1S/C13H22/c1-11(2)13-9-7-5-4-6-8-12(3)10-13/h4,6,10-12H,5,7-9H2,1-3H3. The number of allylic oxidation sites excluding steroid dienone is 4. The molecule has 0 aromatic carbocycles. The molecule has 0 aliphatic heterocycles. The second-order valence-electron chi connectivity index (χ2n) is 4.47. The Hall–Kier alpha value is -0.520. The van der Waals surface area contributed by atoms with Crippen molar-refractivity contribution in [2.24, 2.45) is 11.8 Å². The lowest BCUT2D eigenvalue weighted by Gasteiger charge is -2.12. The Kier molecular flexibility index (Phi) is 4.27. The van der Waals surface area contributed by atoms with Gasteiger partial charge in [-0.05, 0) is 37.5 Å². The fourth-order valence-corrected chi connectivity index (χ4v) is 1.85. The topological polar surface area (TPSA) is 0 Å². The molecule has 0 amide bonds. The average molecular weight is 178 g/mol. The molecule has 1 atom stereocenters. The van der Waals surface area contributed by atoms with Gasteiger partial charge in [0.05, 0.1) is 0 Å². The molecule has 0 heteroatoms. The number of rotatable bonds is 1. The number of hydrogen-bond acceptors (Lipinski definition) is 0. The molecule has 0 saturated heterocycles. The van der Waals surface area contributed by atoms with Crippen molar-refractivity contribution in [2.75, 3.05) is 0 Å². The SMILES string of the molecule is CC1C=C(C(C)C)CCCC=CC1. The molecule has 0 saturated carbocycles. The van der Waals surface area contributed by atoms with E-state index in [0.717, 1.165) is 11.8 Å². The second kappa shape index (κ2) is 5.26. The summed E-state index contributed by atoms with van der Waals surface area (Å²) >= 11 is 0. The predicted octanol–water partition coefficient (Wildman–Crippen LogP) is 4.34. The zero-order chi connectivity index (χ0) is 9.68. The predicted molar refractivity (Wildman–Crippen MR) is 59.7 cm³/mol. The smallest absolute Gasteiger partial charge is 0.0225 e. The molecular formula is C13H22. The van der Waals surface area contributed by atoms with Crippen LogP contribution in [0.4, 0.5) is 0 Å². The minimum absolute atomic E-state index is 0.728. The summed E-state index contributed by atoms with van der Waals surface area (Å²) in [6.45, 7) is 6.94. The summed E-state index contributed by atoms with van der Waals surface area (Å²) in [4.78, 5) is 0. The van der Waals surface area contributed by atoms with Gasteiger partial charge in [0.2, 0.25) is 0 Å². The van der Waals surface area contributed by atoms with Crippen molar-refractivity contribution in [2.45, 2.75) is 46.5 Å². The van der Waals surface area contributed by atoms with E-state index in [2.05, 4.69) is 39.0 Å². The molecule has 0 spiro atoms. The summed E-state index contributed by atoms with van der Waals surface area (Å²) < 4.78 is 0. The first-order valence-corrected chi connectivity index (χ1v) is 5.55. The highest BCUT2D eigenvalue weighted by molar-refractivity contribution is 5.08. The molecule has 0 aromatic rings. The lowest BCUT2D eigenvalue weighted by molar-refractivity contribution is 0.658. The zero-order valence-electron chi connectivity index (χ0n) is 9.22. The average Bonchev–Trinajstić information content (AvgIpc) is 2.16. The summed E-state index contributed by atoms with van der Waals surface area (Å²) in [7, 11) is 0. The van der Waals surface area contributed by atoms with Crippen LogP contribution in [-0.4, -0.2) is 0 Å². The molecule has 1 rings (SSSR count). The molecule has 0 bridgehead atoms. The van der Waals surface area contributed by atoms with E-state index >= 15 is 0 Å². The summed E-state index contributed by atoms with van der Waals surface area (Å²) in [5.41, 5.74) is 1.66. The van der Waals surface area contributed by atoms with Gasteiger partial charge in [0.25, 0.3) is 0 Å². The van der Waals surface area contributed by atoms with Crippen molar-refractivity contribution in [3.8, 4) is 0 Å². The van der Waals surface area contributed by atoms with Crippen LogP contribution in [0.3, 0.4) is 0 Å². The van der Waals surface area contributed by atoms with Crippen LogP contribution in [0.5, 0.6) is 0 Å². The van der Waals surface area contributed by atoms with E-state index in [0.29, 0.717) is 0 Å². The van der Waals surface area contributed by atoms with E-state index in [4.69, 9.17) is 0 Å². The first kappa shape index (κ1) is 10.6. The third kappa shape index (κ3) is 3.80. The summed E-state index contributed by atoms with van der Waals surface area (Å²) in [5.74, 6) is 1.47. The highest BCUT2D eigenvalue weighted by Gasteiger charge is 2.06. The Labute approximate surface area is 82.7 Å². The molecule has 0 nitrogen and oxygen atoms in total. The van der Waals surface area contributed by atoms with E-state index in [1.807, 2.05) is 0 Å². The molecule has 74 valence electrons. The zero-order valence-corrected chi connectivity index (χ0v) is 9.22. The van der Waals surface area contributed by atoms with E-state index < -0.39 is 0 Å². The van der Waals surface area contributed by atoms with Gasteiger partial charge in [0.1, 0.15) is 0 Å². The van der Waals surface area contributed by atoms with Crippen LogP contribution in [0.25, 0.3) is 0 Å². The fraction of sp³-hybridized carbons (Fsp3) is 0.692. The van der Waals surface area contributed by atoms with Crippen LogP contribution in [-0.2, 0) is 0 Å². The molecular weight excluding hydrogens is 156 g/mol. The van der Waals surface area contributed by atoms with Gasteiger partial charge in [-0.2, -0.15) is 0 Å². The Balaban J connectivity index is 2.65. The van der Waals surface area contributed by atoms with Gasteiger partial charge in [0, 0.05) is 0 Å². The van der Waals surface area contributed by atoms with Gasteiger partial charge in [-0.25, -0.2) is 0 Å². The van der Waals surface area contributed by atoms with Crippen LogP contribution >= 0.6 is 0 Å². The second-order valence-corrected chi connectivity index (χ2v) is 4.47. The Morgan fingerprint density at radius 3 is 2.77 bits per heavy atom. The summed E-state index contributed by atoms with van der Waals surface area (Å²) in [5, 5.41) is 0. The van der Waals surface area contributed by atoms with Crippen LogP contribution < -0.4 is 0 Å². The molecule has 13 heavy (non-hydrogen) atoms. The molecule has 1 unspecified atom stereocenters. The lowest BCUT2D eigenvalue weighted by atomic mass is 9.94. The van der Waals surface area contributed by atoms with Crippen molar-refractivity contribution in [1.82, 2.24) is 0 Å². The van der Waals surface area contributed by atoms with Crippen molar-refractivity contribution in [1.29, 1.82) is 0 Å². The van der Waals surface area contributed by atoms with Gasteiger partial charge in [-0.1, -0.05) is 44.6 Å². The molecule has 0 fully saturated rings. The fourth-order valence-electron chi connectivity index (χ4n) is 1.85. The van der Waals surface area contributed by atoms with Crippen LogP contribution in [0.2, 0.25) is 0 Å². The van der Waals surface area contributed by atoms with E-state index in [1.54, 1.807) is 5.57 Å². The van der Waals surface area contributed by atoms with Crippen molar-refractivity contribution < 1.29 is 0 Å². The molecule has 0 heterocycles. The highest BCUT2D eigenvalue weighted by Crippen LogP contribution is 2.22. The third-order valence-corrected chi connectivity index (χ3v) is 2.75. The van der Waals surface area contributed by atoms with Crippen LogP contribution in [0.15, 0.2) is 23.8 Å². The van der Waals surface area contributed by atoms with Gasteiger partial charge >= 0.3 is 0 Å². The van der Waals surface area contributed by atoms with E-state index in [-0.39, 0.29) is 0 Å². The van der Waals surface area contributed by atoms with E-state index in [1.165, 1.54) is 25.7 Å². The normalized spacial score (nSPS) is 24.9. The Morgan fingerprint density at radius 2 is 2.08 bits per heavy atom.